The van der Waals surface area contributed by atoms with Crippen molar-refractivity contribution in [2.75, 3.05) is 0 Å². The van der Waals surface area contributed by atoms with Crippen LogP contribution in [0.1, 0.15) is 25.0 Å². The van der Waals surface area contributed by atoms with Crippen LogP contribution < -0.4 is 0 Å². The van der Waals surface area contributed by atoms with Gasteiger partial charge in [-0.25, -0.2) is 4.68 Å². The smallest absolute Gasteiger partial charge is 0.152 e. The molecule has 0 bridgehead atoms. The van der Waals surface area contributed by atoms with E-state index in [0.29, 0.717) is 11.7 Å². The summed E-state index contributed by atoms with van der Waals surface area (Å²) in [6, 6.07) is 0. The van der Waals surface area contributed by atoms with E-state index in [9.17, 15) is 0 Å². The first-order chi connectivity index (χ1) is 6.74. The van der Waals surface area contributed by atoms with Crippen molar-refractivity contribution in [1.82, 2.24) is 20.2 Å². The van der Waals surface area contributed by atoms with Gasteiger partial charge >= 0.3 is 0 Å². The third-order valence-corrected chi connectivity index (χ3v) is 13.5. The maximum Gasteiger partial charge on any atom is 0.152 e. The largest absolute Gasteiger partial charge is 0.221 e. The van der Waals surface area contributed by atoms with Crippen LogP contribution in [0.3, 0.4) is 0 Å². The fraction of sp³-hybridized carbons (Fsp3) is 0.833. The molecule has 1 aliphatic rings. The van der Waals surface area contributed by atoms with E-state index in [4.69, 9.17) is 0 Å². The zero-order valence-corrected chi connectivity index (χ0v) is 12.2. The molecule has 0 radical (unpaired) electrons. The summed E-state index contributed by atoms with van der Waals surface area (Å²) >= 11 is 0. The number of tetrazole rings is 1. The van der Waals surface area contributed by atoms with Gasteiger partial charge in [0.05, 0.1) is 5.78 Å². The van der Waals surface area contributed by atoms with E-state index in [0.717, 1.165) is 20.2 Å². The van der Waals surface area contributed by atoms with Gasteiger partial charge in [-0.15, -0.1) is 23.0 Å². The standard InChI is InChI=1S/C6H14N4P4/c1-4-2-3-5-7-8-9-10(5)6(4)14(12)13-11/h4,6,13H,2-3,11-12H2,1H3. The second-order valence-electron chi connectivity index (χ2n) is 3.51. The number of hydrogen-bond donors (Lipinski definition) is 0. The first kappa shape index (κ1) is 11.3. The molecule has 0 aliphatic carbocycles. The second-order valence-corrected chi connectivity index (χ2v) is 13.0. The Morgan fingerprint density at radius 1 is 1.64 bits per heavy atom. The molecule has 6 atom stereocenters. The summed E-state index contributed by atoms with van der Waals surface area (Å²) in [6.07, 6.45) is 2.24. The van der Waals surface area contributed by atoms with E-state index < -0.39 is 0 Å². The Labute approximate surface area is 91.0 Å². The topological polar surface area (TPSA) is 43.6 Å². The minimum Gasteiger partial charge on any atom is -0.221 e. The summed E-state index contributed by atoms with van der Waals surface area (Å²) in [5, 5.41) is 11.9. The van der Waals surface area contributed by atoms with Crippen LogP contribution in [-0.4, -0.2) is 20.2 Å². The molecule has 1 aromatic rings. The molecule has 0 fully saturated rings. The highest BCUT2D eigenvalue weighted by Gasteiger charge is 2.31. The summed E-state index contributed by atoms with van der Waals surface area (Å²) in [5.41, 5.74) is 0. The quantitative estimate of drug-likeness (QED) is 0.772. The summed E-state index contributed by atoms with van der Waals surface area (Å²) in [7, 11) is 6.66. The van der Waals surface area contributed by atoms with Crippen molar-refractivity contribution in [3.05, 3.63) is 5.82 Å². The number of fused-ring (bicyclic) bond motifs is 1. The van der Waals surface area contributed by atoms with Crippen LogP contribution in [0.2, 0.25) is 0 Å². The van der Waals surface area contributed by atoms with Crippen LogP contribution in [0.4, 0.5) is 0 Å². The van der Waals surface area contributed by atoms with Crippen molar-refractivity contribution in [2.24, 2.45) is 5.92 Å². The van der Waals surface area contributed by atoms with Crippen LogP contribution in [0.15, 0.2) is 0 Å². The molecule has 2 rings (SSSR count). The summed E-state index contributed by atoms with van der Waals surface area (Å²) in [6.45, 7) is 2.31. The fourth-order valence-electron chi connectivity index (χ4n) is 1.80. The first-order valence-electron chi connectivity index (χ1n) is 4.51. The minimum absolute atomic E-state index is 0.0689. The fourth-order valence-corrected chi connectivity index (χ4v) is 7.25. The normalized spacial score (nSPS) is 29.4. The van der Waals surface area contributed by atoms with Crippen molar-refractivity contribution in [3.63, 3.8) is 0 Å². The maximum absolute atomic E-state index is 4.11. The monoisotopic (exact) mass is 266 g/mol. The SMILES string of the molecule is CC1CCc2nnnn2C1P(P)PP. The molecular formula is C6H14N4P4. The minimum atomic E-state index is -0.0689. The van der Waals surface area contributed by atoms with E-state index in [1.165, 1.54) is 6.42 Å². The molecule has 2 heterocycles. The molecule has 1 aromatic heterocycles. The van der Waals surface area contributed by atoms with E-state index in [-0.39, 0.29) is 7.30 Å². The van der Waals surface area contributed by atoms with Gasteiger partial charge in [0.25, 0.3) is 0 Å². The third kappa shape index (κ3) is 2.00. The molecule has 1 aliphatic heterocycles. The number of hydrogen-bond acceptors (Lipinski definition) is 3. The van der Waals surface area contributed by atoms with Gasteiger partial charge in [0.1, 0.15) is 0 Å². The molecule has 0 saturated carbocycles. The zero-order chi connectivity index (χ0) is 10.1. The molecule has 0 amide bonds. The van der Waals surface area contributed by atoms with Crippen LogP contribution in [0.25, 0.3) is 0 Å². The molecule has 0 N–H and O–H groups in total. The molecule has 4 nitrogen and oxygen atoms in total. The van der Waals surface area contributed by atoms with Crippen molar-refractivity contribution in [3.8, 4) is 0 Å². The lowest BCUT2D eigenvalue weighted by atomic mass is 10.0. The number of nitrogens with zero attached hydrogens (tertiary/aromatic N) is 4. The predicted molar refractivity (Wildman–Crippen MR) is 69.0 cm³/mol. The van der Waals surface area contributed by atoms with E-state index in [1.54, 1.807) is 0 Å². The average Bonchev–Trinajstić information content (AvgIpc) is 2.64. The third-order valence-electron chi connectivity index (χ3n) is 2.58. The highest BCUT2D eigenvalue weighted by Crippen LogP contribution is 2.74. The lowest BCUT2D eigenvalue weighted by Gasteiger charge is -2.32. The molecule has 8 heteroatoms. The van der Waals surface area contributed by atoms with Crippen molar-refractivity contribution < 1.29 is 0 Å². The molecule has 14 heavy (non-hydrogen) atoms. The Balaban J connectivity index is 2.31. The summed E-state index contributed by atoms with van der Waals surface area (Å²) < 4.78 is 2.05. The maximum atomic E-state index is 4.11. The lowest BCUT2D eigenvalue weighted by molar-refractivity contribution is 0.352. The lowest BCUT2D eigenvalue weighted by Crippen LogP contribution is -2.23. The van der Waals surface area contributed by atoms with E-state index >= 15 is 0 Å². The van der Waals surface area contributed by atoms with Crippen molar-refractivity contribution in [1.29, 1.82) is 0 Å². The Kier molecular flexibility index (Phi) is 3.83. The highest BCUT2D eigenvalue weighted by atomic mass is 32.6. The van der Waals surface area contributed by atoms with Gasteiger partial charge in [0.2, 0.25) is 0 Å². The number of rotatable bonds is 2. The van der Waals surface area contributed by atoms with E-state index in [2.05, 4.69) is 40.3 Å². The Morgan fingerprint density at radius 2 is 2.43 bits per heavy atom. The number of aromatic nitrogens is 4. The van der Waals surface area contributed by atoms with Gasteiger partial charge in [-0.2, -0.15) is 0 Å². The van der Waals surface area contributed by atoms with Crippen LogP contribution in [0.5, 0.6) is 0 Å². The second kappa shape index (κ2) is 4.75. The van der Waals surface area contributed by atoms with Gasteiger partial charge in [0, 0.05) is 6.42 Å². The number of aryl methyl sites for hydroxylation is 1. The molecule has 0 spiro atoms. The molecule has 0 aromatic carbocycles. The van der Waals surface area contributed by atoms with Crippen molar-refractivity contribution >= 4 is 33.1 Å². The first-order valence-corrected chi connectivity index (χ1v) is 11.2. The van der Waals surface area contributed by atoms with Crippen molar-refractivity contribution in [2.45, 2.75) is 25.5 Å². The zero-order valence-electron chi connectivity index (χ0n) is 7.96. The summed E-state index contributed by atoms with van der Waals surface area (Å²) in [4.78, 5) is 0. The van der Waals surface area contributed by atoms with Gasteiger partial charge in [0.15, 0.2) is 5.82 Å². The molecule has 78 valence electrons. The Bertz CT molecular complexity index is 317. The van der Waals surface area contributed by atoms with Gasteiger partial charge in [-0.1, -0.05) is 14.9 Å². The van der Waals surface area contributed by atoms with E-state index in [1.807, 2.05) is 4.68 Å². The predicted octanol–water partition coefficient (Wildman–Crippen LogP) is 2.41. The Morgan fingerprint density at radius 3 is 3.14 bits per heavy atom. The molecule has 6 unspecified atom stereocenters. The van der Waals surface area contributed by atoms with Gasteiger partial charge < -0.3 is 0 Å². The van der Waals surface area contributed by atoms with Gasteiger partial charge in [-0.3, -0.25) is 0 Å². The van der Waals surface area contributed by atoms with Crippen LogP contribution >= 0.6 is 33.1 Å². The molecule has 0 saturated heterocycles. The van der Waals surface area contributed by atoms with Crippen LogP contribution in [-0.2, 0) is 6.42 Å². The molecular weight excluding hydrogens is 252 g/mol. The highest BCUT2D eigenvalue weighted by molar-refractivity contribution is 8.61. The van der Waals surface area contributed by atoms with Crippen LogP contribution in [0, 0.1) is 5.92 Å². The summed E-state index contributed by atoms with van der Waals surface area (Å²) in [5.74, 6) is 2.28. The van der Waals surface area contributed by atoms with Gasteiger partial charge in [-0.05, 0) is 30.1 Å². The Hall–Kier alpha value is 0.790. The average molecular weight is 266 g/mol.